The highest BCUT2D eigenvalue weighted by Gasteiger charge is 2.13. The first-order valence-electron chi connectivity index (χ1n) is 10.4. The van der Waals surface area contributed by atoms with Crippen molar-refractivity contribution in [3.63, 3.8) is 0 Å². The van der Waals surface area contributed by atoms with E-state index < -0.39 is 0 Å². The van der Waals surface area contributed by atoms with E-state index >= 15 is 0 Å². The Balaban J connectivity index is 1.60. The Kier molecular flexibility index (Phi) is 7.93. The van der Waals surface area contributed by atoms with Crippen LogP contribution in [0.15, 0.2) is 72.8 Å². The molecule has 0 aromatic heterocycles. The van der Waals surface area contributed by atoms with Crippen molar-refractivity contribution in [3.8, 4) is 17.2 Å². The van der Waals surface area contributed by atoms with Crippen molar-refractivity contribution in [2.45, 2.75) is 32.4 Å². The topological polar surface area (TPSA) is 56.8 Å². The normalized spacial score (nSPS) is 11.5. The van der Waals surface area contributed by atoms with Crippen molar-refractivity contribution in [1.82, 2.24) is 5.32 Å². The van der Waals surface area contributed by atoms with Gasteiger partial charge < -0.3 is 19.5 Å². The molecule has 0 saturated heterocycles. The number of carbonyl (C=O) groups is 1. The molecule has 3 aromatic carbocycles. The smallest absolute Gasteiger partial charge is 0.251 e. The van der Waals surface area contributed by atoms with Crippen molar-refractivity contribution in [3.05, 3.63) is 89.5 Å². The Labute approximate surface area is 184 Å². The van der Waals surface area contributed by atoms with E-state index in [2.05, 4.69) is 17.4 Å². The van der Waals surface area contributed by atoms with Gasteiger partial charge in [-0.2, -0.15) is 0 Å². The van der Waals surface area contributed by atoms with Crippen LogP contribution in [-0.4, -0.2) is 26.2 Å². The van der Waals surface area contributed by atoms with Gasteiger partial charge in [0.1, 0.15) is 23.9 Å². The summed E-state index contributed by atoms with van der Waals surface area (Å²) >= 11 is 0. The van der Waals surface area contributed by atoms with Crippen LogP contribution < -0.4 is 19.5 Å². The number of benzene rings is 3. The maximum absolute atomic E-state index is 12.8. The molecule has 0 aliphatic heterocycles. The molecule has 1 N–H and O–H groups in total. The van der Waals surface area contributed by atoms with Gasteiger partial charge in [0, 0.05) is 17.2 Å². The zero-order chi connectivity index (χ0) is 22.1. The van der Waals surface area contributed by atoms with Gasteiger partial charge in [0.25, 0.3) is 5.91 Å². The molecule has 0 fully saturated rings. The fourth-order valence-electron chi connectivity index (χ4n) is 3.27. The molecule has 0 aliphatic rings. The fraction of sp³-hybridized carbons (Fsp3) is 0.269. The van der Waals surface area contributed by atoms with E-state index in [0.29, 0.717) is 23.7 Å². The number of rotatable bonds is 10. The Bertz CT molecular complexity index is 970. The standard InChI is InChI=1S/C26H29NO4/c1-19(9-10-20-7-5-4-6-8-20)27-26(28)21-11-16-25(30-3)22(17-21)18-31-24-14-12-23(29-2)13-15-24/h4-8,11-17,19H,9-10,18H2,1-3H3,(H,27,28)/t19-/m1/s1. The second-order valence-electron chi connectivity index (χ2n) is 7.39. The summed E-state index contributed by atoms with van der Waals surface area (Å²) in [5, 5.41) is 3.08. The average Bonchev–Trinajstić information content (AvgIpc) is 2.82. The SMILES string of the molecule is COc1ccc(OCc2cc(C(=O)N[C@H](C)CCc3ccccc3)ccc2OC)cc1. The van der Waals surface area contributed by atoms with Crippen molar-refractivity contribution in [1.29, 1.82) is 0 Å². The lowest BCUT2D eigenvalue weighted by molar-refractivity contribution is 0.0938. The van der Waals surface area contributed by atoms with Gasteiger partial charge in [0.2, 0.25) is 0 Å². The van der Waals surface area contributed by atoms with Crippen LogP contribution in [0.3, 0.4) is 0 Å². The zero-order valence-corrected chi connectivity index (χ0v) is 18.3. The number of methoxy groups -OCH3 is 2. The second kappa shape index (κ2) is 11.1. The van der Waals surface area contributed by atoms with Crippen LogP contribution >= 0.6 is 0 Å². The first kappa shape index (κ1) is 22.2. The third-order valence-corrected chi connectivity index (χ3v) is 5.08. The maximum Gasteiger partial charge on any atom is 0.251 e. The van der Waals surface area contributed by atoms with Crippen LogP contribution in [0, 0.1) is 0 Å². The third-order valence-electron chi connectivity index (χ3n) is 5.08. The second-order valence-corrected chi connectivity index (χ2v) is 7.39. The van der Waals surface area contributed by atoms with Crippen LogP contribution in [0.2, 0.25) is 0 Å². The minimum absolute atomic E-state index is 0.0637. The number of nitrogens with one attached hydrogen (secondary N) is 1. The predicted molar refractivity (Wildman–Crippen MR) is 122 cm³/mol. The third kappa shape index (κ3) is 6.51. The molecule has 0 heterocycles. The predicted octanol–water partition coefficient (Wildman–Crippen LogP) is 5.03. The molecular weight excluding hydrogens is 390 g/mol. The van der Waals surface area contributed by atoms with E-state index in [1.54, 1.807) is 26.4 Å². The van der Waals surface area contributed by atoms with E-state index in [-0.39, 0.29) is 11.9 Å². The molecule has 0 bridgehead atoms. The summed E-state index contributed by atoms with van der Waals surface area (Å²) in [7, 11) is 3.23. The highest BCUT2D eigenvalue weighted by molar-refractivity contribution is 5.94. The minimum atomic E-state index is -0.103. The lowest BCUT2D eigenvalue weighted by Gasteiger charge is -2.16. The lowest BCUT2D eigenvalue weighted by atomic mass is 10.1. The highest BCUT2D eigenvalue weighted by Crippen LogP contribution is 2.23. The molecule has 0 saturated carbocycles. The number of hydrogen-bond acceptors (Lipinski definition) is 4. The molecule has 0 radical (unpaired) electrons. The first-order valence-corrected chi connectivity index (χ1v) is 10.4. The van der Waals surface area contributed by atoms with Gasteiger partial charge in [0.15, 0.2) is 0 Å². The van der Waals surface area contributed by atoms with Crippen LogP contribution in [0.4, 0.5) is 0 Å². The molecule has 1 amide bonds. The molecule has 5 nitrogen and oxygen atoms in total. The summed E-state index contributed by atoms with van der Waals surface area (Å²) in [6.07, 6.45) is 1.80. The lowest BCUT2D eigenvalue weighted by Crippen LogP contribution is -2.33. The van der Waals surface area contributed by atoms with E-state index in [0.717, 1.165) is 24.2 Å². The molecule has 0 spiro atoms. The minimum Gasteiger partial charge on any atom is -0.497 e. The summed E-state index contributed by atoms with van der Waals surface area (Å²) in [5.41, 5.74) is 2.66. The molecule has 0 unspecified atom stereocenters. The van der Waals surface area contributed by atoms with E-state index in [1.807, 2.05) is 55.5 Å². The summed E-state index contributed by atoms with van der Waals surface area (Å²) in [6, 6.07) is 23.1. The van der Waals surface area contributed by atoms with Crippen LogP contribution in [0.25, 0.3) is 0 Å². The Morgan fingerprint density at radius 1 is 0.903 bits per heavy atom. The largest absolute Gasteiger partial charge is 0.497 e. The monoisotopic (exact) mass is 419 g/mol. The van der Waals surface area contributed by atoms with Crippen LogP contribution in [0.5, 0.6) is 17.2 Å². The number of aryl methyl sites for hydroxylation is 1. The summed E-state index contributed by atoms with van der Waals surface area (Å²) < 4.78 is 16.5. The van der Waals surface area contributed by atoms with Crippen molar-refractivity contribution in [2.75, 3.05) is 14.2 Å². The zero-order valence-electron chi connectivity index (χ0n) is 18.3. The number of carbonyl (C=O) groups excluding carboxylic acids is 1. The molecule has 3 rings (SSSR count). The molecule has 0 aliphatic carbocycles. The molecule has 1 atom stereocenters. The summed E-state index contributed by atoms with van der Waals surface area (Å²) in [5.74, 6) is 2.06. The first-order chi connectivity index (χ1) is 15.1. The average molecular weight is 420 g/mol. The molecular formula is C26H29NO4. The van der Waals surface area contributed by atoms with Crippen molar-refractivity contribution >= 4 is 5.91 Å². The van der Waals surface area contributed by atoms with Gasteiger partial charge in [-0.25, -0.2) is 0 Å². The molecule has 3 aromatic rings. The van der Waals surface area contributed by atoms with Gasteiger partial charge in [-0.1, -0.05) is 30.3 Å². The number of hydrogen-bond donors (Lipinski definition) is 1. The summed E-state index contributed by atoms with van der Waals surface area (Å²) in [6.45, 7) is 2.32. The van der Waals surface area contributed by atoms with Crippen LogP contribution in [0.1, 0.15) is 34.8 Å². The molecule has 162 valence electrons. The van der Waals surface area contributed by atoms with E-state index in [4.69, 9.17) is 14.2 Å². The highest BCUT2D eigenvalue weighted by atomic mass is 16.5. The van der Waals surface area contributed by atoms with Gasteiger partial charge >= 0.3 is 0 Å². The van der Waals surface area contributed by atoms with Crippen molar-refractivity contribution < 1.29 is 19.0 Å². The Hall–Kier alpha value is -3.47. The van der Waals surface area contributed by atoms with E-state index in [9.17, 15) is 4.79 Å². The Morgan fingerprint density at radius 2 is 1.61 bits per heavy atom. The summed E-state index contributed by atoms with van der Waals surface area (Å²) in [4.78, 5) is 12.8. The fourth-order valence-corrected chi connectivity index (χ4v) is 3.27. The maximum atomic E-state index is 12.8. The number of amides is 1. The molecule has 31 heavy (non-hydrogen) atoms. The number of ether oxygens (including phenoxy) is 3. The van der Waals surface area contributed by atoms with Gasteiger partial charge in [-0.3, -0.25) is 4.79 Å². The van der Waals surface area contributed by atoms with E-state index in [1.165, 1.54) is 5.56 Å². The van der Waals surface area contributed by atoms with Crippen molar-refractivity contribution in [2.24, 2.45) is 0 Å². The molecule has 5 heteroatoms. The van der Waals surface area contributed by atoms with Crippen LogP contribution in [-0.2, 0) is 13.0 Å². The Morgan fingerprint density at radius 3 is 2.29 bits per heavy atom. The van der Waals surface area contributed by atoms with Gasteiger partial charge in [0.05, 0.1) is 14.2 Å². The van der Waals surface area contributed by atoms with Gasteiger partial charge in [-0.15, -0.1) is 0 Å². The quantitative estimate of drug-likeness (QED) is 0.501. The van der Waals surface area contributed by atoms with Gasteiger partial charge in [-0.05, 0) is 67.8 Å².